The lowest BCUT2D eigenvalue weighted by Crippen LogP contribution is -2.35. The Bertz CT molecular complexity index is 548. The fourth-order valence-corrected chi connectivity index (χ4v) is 2.65. The molecule has 1 aliphatic heterocycles. The van der Waals surface area contributed by atoms with Gasteiger partial charge in [-0.25, -0.2) is 0 Å². The molecule has 1 saturated heterocycles. The Morgan fingerprint density at radius 1 is 1.39 bits per heavy atom. The van der Waals surface area contributed by atoms with Gasteiger partial charge in [0.2, 0.25) is 11.8 Å². The van der Waals surface area contributed by atoms with Gasteiger partial charge in [0, 0.05) is 25.9 Å². The van der Waals surface area contributed by atoms with Crippen molar-refractivity contribution in [1.82, 2.24) is 4.90 Å². The largest absolute Gasteiger partial charge is 0.381 e. The first-order valence-corrected chi connectivity index (χ1v) is 7.92. The maximum Gasteiger partial charge on any atom is 0.247 e. The minimum absolute atomic E-state index is 0.0958. The molecule has 124 valence electrons. The standard InChI is InChI=1S/C18H24N2O3/c1-3-17(21)19-16-8-6-14(7-9-16)11-18(22)20(2)12-15-5-4-10-23-13-15/h3,6-9,15H,1,4-5,10-13H2,2H3,(H,19,21). The molecule has 0 aliphatic carbocycles. The summed E-state index contributed by atoms with van der Waals surface area (Å²) < 4.78 is 5.46. The number of benzene rings is 1. The lowest BCUT2D eigenvalue weighted by atomic mass is 10.0. The molecule has 0 saturated carbocycles. The predicted molar refractivity (Wildman–Crippen MR) is 90.2 cm³/mol. The molecule has 1 N–H and O–H groups in total. The van der Waals surface area contributed by atoms with Crippen LogP contribution in [0.1, 0.15) is 18.4 Å². The summed E-state index contributed by atoms with van der Waals surface area (Å²) in [6, 6.07) is 7.29. The number of hydrogen-bond donors (Lipinski definition) is 1. The number of likely N-dealkylation sites (N-methyl/N-ethyl adjacent to an activating group) is 1. The van der Waals surface area contributed by atoms with Gasteiger partial charge < -0.3 is 15.0 Å². The number of nitrogens with one attached hydrogen (secondary N) is 1. The smallest absolute Gasteiger partial charge is 0.247 e. The van der Waals surface area contributed by atoms with E-state index >= 15 is 0 Å². The van der Waals surface area contributed by atoms with Crippen molar-refractivity contribution >= 4 is 17.5 Å². The zero-order valence-electron chi connectivity index (χ0n) is 13.6. The van der Waals surface area contributed by atoms with Crippen LogP contribution in [0.4, 0.5) is 5.69 Å². The molecule has 0 aromatic heterocycles. The Labute approximate surface area is 137 Å². The number of hydrogen-bond acceptors (Lipinski definition) is 3. The molecule has 5 nitrogen and oxygen atoms in total. The minimum atomic E-state index is -0.247. The Balaban J connectivity index is 1.83. The van der Waals surface area contributed by atoms with Crippen LogP contribution in [-0.4, -0.2) is 43.5 Å². The van der Waals surface area contributed by atoms with Gasteiger partial charge in [-0.05, 0) is 42.5 Å². The van der Waals surface area contributed by atoms with Crippen LogP contribution in [0.25, 0.3) is 0 Å². The number of carbonyl (C=O) groups excluding carboxylic acids is 2. The highest BCUT2D eigenvalue weighted by Crippen LogP contribution is 2.15. The van der Waals surface area contributed by atoms with Gasteiger partial charge in [-0.3, -0.25) is 9.59 Å². The fraction of sp³-hybridized carbons (Fsp3) is 0.444. The lowest BCUT2D eigenvalue weighted by molar-refractivity contribution is -0.130. The van der Waals surface area contributed by atoms with E-state index in [0.29, 0.717) is 18.0 Å². The van der Waals surface area contributed by atoms with E-state index in [0.717, 1.165) is 38.2 Å². The molecule has 1 aromatic carbocycles. The molecule has 5 heteroatoms. The first-order chi connectivity index (χ1) is 11.1. The van der Waals surface area contributed by atoms with Gasteiger partial charge in [-0.15, -0.1) is 0 Å². The third-order valence-corrected chi connectivity index (χ3v) is 3.97. The molecule has 0 radical (unpaired) electrons. The predicted octanol–water partition coefficient (Wildman–Crippen LogP) is 2.24. The van der Waals surface area contributed by atoms with Crippen molar-refractivity contribution in [3.63, 3.8) is 0 Å². The molecule has 1 aromatic rings. The molecule has 2 amide bonds. The Morgan fingerprint density at radius 3 is 2.74 bits per heavy atom. The molecular weight excluding hydrogens is 292 g/mol. The van der Waals surface area contributed by atoms with Crippen molar-refractivity contribution in [2.45, 2.75) is 19.3 Å². The van der Waals surface area contributed by atoms with Gasteiger partial charge >= 0.3 is 0 Å². The Morgan fingerprint density at radius 2 is 2.13 bits per heavy atom. The molecule has 1 atom stereocenters. The minimum Gasteiger partial charge on any atom is -0.381 e. The maximum absolute atomic E-state index is 12.3. The summed E-state index contributed by atoms with van der Waals surface area (Å²) in [4.78, 5) is 25.3. The highest BCUT2D eigenvalue weighted by Gasteiger charge is 2.18. The number of nitrogens with zero attached hydrogens (tertiary/aromatic N) is 1. The van der Waals surface area contributed by atoms with Gasteiger partial charge in [-0.1, -0.05) is 18.7 Å². The third kappa shape index (κ3) is 5.53. The van der Waals surface area contributed by atoms with E-state index in [1.807, 2.05) is 19.2 Å². The molecule has 1 unspecified atom stereocenters. The third-order valence-electron chi connectivity index (χ3n) is 3.97. The monoisotopic (exact) mass is 316 g/mol. The summed E-state index contributed by atoms with van der Waals surface area (Å²) >= 11 is 0. The zero-order valence-corrected chi connectivity index (χ0v) is 13.6. The Kier molecular flexibility index (Phi) is 6.35. The summed E-state index contributed by atoms with van der Waals surface area (Å²) in [5.41, 5.74) is 1.62. The summed E-state index contributed by atoms with van der Waals surface area (Å²) in [6.45, 7) is 5.73. The van der Waals surface area contributed by atoms with E-state index in [9.17, 15) is 9.59 Å². The van der Waals surface area contributed by atoms with Crippen LogP contribution in [0.15, 0.2) is 36.9 Å². The number of ether oxygens (including phenoxy) is 1. The Hall–Kier alpha value is -2.14. The van der Waals surface area contributed by atoms with Gasteiger partial charge in [0.25, 0.3) is 0 Å². The van der Waals surface area contributed by atoms with Gasteiger partial charge in [-0.2, -0.15) is 0 Å². The second-order valence-electron chi connectivity index (χ2n) is 5.92. The molecule has 23 heavy (non-hydrogen) atoms. The van der Waals surface area contributed by atoms with E-state index in [2.05, 4.69) is 11.9 Å². The van der Waals surface area contributed by atoms with E-state index in [-0.39, 0.29) is 11.8 Å². The van der Waals surface area contributed by atoms with Crippen molar-refractivity contribution in [3.8, 4) is 0 Å². The van der Waals surface area contributed by atoms with Gasteiger partial charge in [0.05, 0.1) is 13.0 Å². The molecule has 1 fully saturated rings. The van der Waals surface area contributed by atoms with Crippen LogP contribution in [0, 0.1) is 5.92 Å². The summed E-state index contributed by atoms with van der Waals surface area (Å²) in [5, 5.41) is 2.68. The van der Waals surface area contributed by atoms with Crippen LogP contribution >= 0.6 is 0 Å². The molecule has 0 spiro atoms. The number of anilines is 1. The summed E-state index contributed by atoms with van der Waals surface area (Å²) in [5.74, 6) is 0.288. The SMILES string of the molecule is C=CC(=O)Nc1ccc(CC(=O)N(C)CC2CCCOC2)cc1. The van der Waals surface area contributed by atoms with Crippen molar-refractivity contribution in [3.05, 3.63) is 42.5 Å². The van der Waals surface area contributed by atoms with Crippen molar-refractivity contribution in [2.75, 3.05) is 32.1 Å². The number of rotatable bonds is 6. The van der Waals surface area contributed by atoms with Crippen LogP contribution < -0.4 is 5.32 Å². The second-order valence-corrected chi connectivity index (χ2v) is 5.92. The van der Waals surface area contributed by atoms with Gasteiger partial charge in [0.15, 0.2) is 0 Å². The average Bonchev–Trinajstić information content (AvgIpc) is 2.57. The second kappa shape index (κ2) is 8.48. The maximum atomic E-state index is 12.3. The quantitative estimate of drug-likeness (QED) is 0.819. The summed E-state index contributed by atoms with van der Waals surface area (Å²) in [7, 11) is 1.84. The summed E-state index contributed by atoms with van der Waals surface area (Å²) in [6.07, 6.45) is 3.78. The van der Waals surface area contributed by atoms with E-state index in [4.69, 9.17) is 4.74 Å². The van der Waals surface area contributed by atoms with E-state index < -0.39 is 0 Å². The number of amides is 2. The highest BCUT2D eigenvalue weighted by atomic mass is 16.5. The number of carbonyl (C=O) groups is 2. The highest BCUT2D eigenvalue weighted by molar-refractivity contribution is 5.98. The normalized spacial score (nSPS) is 17.3. The van der Waals surface area contributed by atoms with E-state index in [1.165, 1.54) is 6.08 Å². The topological polar surface area (TPSA) is 58.6 Å². The van der Waals surface area contributed by atoms with Gasteiger partial charge in [0.1, 0.15) is 0 Å². The van der Waals surface area contributed by atoms with Crippen LogP contribution in [0.2, 0.25) is 0 Å². The van der Waals surface area contributed by atoms with Crippen LogP contribution in [-0.2, 0) is 20.7 Å². The molecule has 2 rings (SSSR count). The first kappa shape index (κ1) is 17.2. The lowest BCUT2D eigenvalue weighted by Gasteiger charge is -2.27. The molecule has 0 bridgehead atoms. The van der Waals surface area contributed by atoms with Crippen LogP contribution in [0.5, 0.6) is 0 Å². The van der Waals surface area contributed by atoms with Crippen molar-refractivity contribution in [1.29, 1.82) is 0 Å². The first-order valence-electron chi connectivity index (χ1n) is 7.92. The van der Waals surface area contributed by atoms with Crippen molar-refractivity contribution < 1.29 is 14.3 Å². The molecule has 1 aliphatic rings. The molecule has 1 heterocycles. The molecular formula is C18H24N2O3. The van der Waals surface area contributed by atoms with Crippen molar-refractivity contribution in [2.24, 2.45) is 5.92 Å². The fourth-order valence-electron chi connectivity index (χ4n) is 2.65. The van der Waals surface area contributed by atoms with E-state index in [1.54, 1.807) is 17.0 Å². The van der Waals surface area contributed by atoms with Crippen LogP contribution in [0.3, 0.4) is 0 Å². The zero-order chi connectivity index (χ0) is 16.7. The average molecular weight is 316 g/mol.